The van der Waals surface area contributed by atoms with E-state index in [0.29, 0.717) is 11.5 Å². The molecule has 0 saturated heterocycles. The highest BCUT2D eigenvalue weighted by atomic mass is 19.1. The van der Waals surface area contributed by atoms with Gasteiger partial charge in [0.05, 0.1) is 12.1 Å². The maximum Gasteiger partial charge on any atom is 0.258 e. The molecule has 0 unspecified atom stereocenters. The van der Waals surface area contributed by atoms with Gasteiger partial charge in [0.1, 0.15) is 23.9 Å². The fraction of sp³-hybridized carbons (Fsp3) is 0.143. The fourth-order valence-corrected chi connectivity index (χ4v) is 2.24. The van der Waals surface area contributed by atoms with Crippen LogP contribution in [0.15, 0.2) is 60.8 Å². The quantitative estimate of drug-likeness (QED) is 0.683. The normalized spacial score (nSPS) is 9.96. The minimum atomic E-state index is -0.357. The molecule has 0 spiro atoms. The molecule has 2 aromatic carbocycles. The predicted octanol–water partition coefficient (Wildman–Crippen LogP) is 2.95. The number of rotatable bonds is 6. The Morgan fingerprint density at radius 2 is 1.85 bits per heavy atom. The van der Waals surface area contributed by atoms with Crippen LogP contribution < -0.4 is 14.8 Å². The molecule has 1 N–H and O–H groups in total. The van der Waals surface area contributed by atoms with Gasteiger partial charge in [-0.15, -0.1) is 0 Å². The molecule has 1 heterocycles. The molecule has 0 aliphatic carbocycles. The number of carbonyl (C=O) groups is 1. The molecule has 0 aliphatic heterocycles. The smallest absolute Gasteiger partial charge is 0.258 e. The van der Waals surface area contributed by atoms with Gasteiger partial charge in [-0.1, -0.05) is 17.9 Å². The molecule has 136 valence electrons. The SMILES string of the molecule is O=C(COc1ccc(F)cc1)NCC#CCOc1ccc2cccnc2c1. The molecule has 27 heavy (non-hydrogen) atoms. The Kier molecular flexibility index (Phi) is 6.21. The number of ether oxygens (including phenoxy) is 2. The zero-order valence-electron chi connectivity index (χ0n) is 14.4. The van der Waals surface area contributed by atoms with Gasteiger partial charge in [-0.3, -0.25) is 9.78 Å². The van der Waals surface area contributed by atoms with Gasteiger partial charge in [0.15, 0.2) is 6.61 Å². The molecule has 0 fully saturated rings. The molecule has 5 nitrogen and oxygen atoms in total. The summed E-state index contributed by atoms with van der Waals surface area (Å²) >= 11 is 0. The number of nitrogens with one attached hydrogen (secondary N) is 1. The Labute approximate surface area is 156 Å². The summed E-state index contributed by atoms with van der Waals surface area (Å²) in [6.45, 7) is 0.239. The van der Waals surface area contributed by atoms with Crippen LogP contribution in [0.25, 0.3) is 10.9 Å². The van der Waals surface area contributed by atoms with E-state index in [2.05, 4.69) is 22.1 Å². The lowest BCUT2D eigenvalue weighted by atomic mass is 10.2. The fourth-order valence-electron chi connectivity index (χ4n) is 2.24. The Hall–Kier alpha value is -3.59. The van der Waals surface area contributed by atoms with Crippen molar-refractivity contribution >= 4 is 16.8 Å². The van der Waals surface area contributed by atoms with Gasteiger partial charge in [-0.05, 0) is 42.5 Å². The van der Waals surface area contributed by atoms with Gasteiger partial charge in [0.25, 0.3) is 5.91 Å². The van der Waals surface area contributed by atoms with Gasteiger partial charge >= 0.3 is 0 Å². The van der Waals surface area contributed by atoms with Gasteiger partial charge in [-0.25, -0.2) is 4.39 Å². The third-order valence-corrected chi connectivity index (χ3v) is 3.57. The molecular weight excluding hydrogens is 347 g/mol. The second-order valence-electron chi connectivity index (χ2n) is 5.52. The van der Waals surface area contributed by atoms with Crippen molar-refractivity contribution in [2.24, 2.45) is 0 Å². The number of fused-ring (bicyclic) bond motifs is 1. The van der Waals surface area contributed by atoms with Crippen molar-refractivity contribution in [3.05, 3.63) is 66.6 Å². The van der Waals surface area contributed by atoms with E-state index in [1.807, 2.05) is 30.3 Å². The molecule has 0 aliphatic rings. The molecule has 0 bridgehead atoms. The van der Waals surface area contributed by atoms with Crippen LogP contribution in [0.5, 0.6) is 11.5 Å². The first-order chi connectivity index (χ1) is 13.2. The number of halogens is 1. The van der Waals surface area contributed by atoms with Crippen molar-refractivity contribution < 1.29 is 18.7 Å². The first kappa shape index (κ1) is 18.2. The molecule has 1 amide bonds. The average molecular weight is 364 g/mol. The van der Waals surface area contributed by atoms with Crippen LogP contribution in [0, 0.1) is 17.7 Å². The predicted molar refractivity (Wildman–Crippen MR) is 99.9 cm³/mol. The largest absolute Gasteiger partial charge is 0.484 e. The van der Waals surface area contributed by atoms with Gasteiger partial charge < -0.3 is 14.8 Å². The summed E-state index contributed by atoms with van der Waals surface area (Å²) < 4.78 is 23.6. The molecule has 6 heteroatoms. The standard InChI is InChI=1S/C21H17FN2O3/c22-17-6-9-18(10-7-17)27-15-21(25)24-11-1-2-13-26-19-8-5-16-4-3-12-23-20(16)14-19/h3-10,12,14H,11,13,15H2,(H,24,25). The summed E-state index contributed by atoms with van der Waals surface area (Å²) in [5.74, 6) is 6.08. The van der Waals surface area contributed by atoms with E-state index in [1.165, 1.54) is 24.3 Å². The monoisotopic (exact) mass is 364 g/mol. The molecule has 0 atom stereocenters. The molecule has 3 rings (SSSR count). The highest BCUT2D eigenvalue weighted by Gasteiger charge is 2.01. The van der Waals surface area contributed by atoms with Crippen LogP contribution in [-0.4, -0.2) is 30.6 Å². The summed E-state index contributed by atoms with van der Waals surface area (Å²) in [5, 5.41) is 3.65. The number of pyridine rings is 1. The van der Waals surface area contributed by atoms with E-state index in [4.69, 9.17) is 9.47 Å². The third-order valence-electron chi connectivity index (χ3n) is 3.57. The first-order valence-corrected chi connectivity index (χ1v) is 8.29. The maximum atomic E-state index is 12.8. The Balaban J connectivity index is 1.36. The molecule has 3 aromatic rings. The van der Waals surface area contributed by atoms with E-state index >= 15 is 0 Å². The minimum Gasteiger partial charge on any atom is -0.484 e. The van der Waals surface area contributed by atoms with Crippen LogP contribution >= 0.6 is 0 Å². The van der Waals surface area contributed by atoms with Crippen LogP contribution in [-0.2, 0) is 4.79 Å². The van der Waals surface area contributed by atoms with Gasteiger partial charge in [-0.2, -0.15) is 0 Å². The number of hydrogen-bond acceptors (Lipinski definition) is 4. The Morgan fingerprint density at radius 3 is 2.70 bits per heavy atom. The molecule has 0 radical (unpaired) electrons. The minimum absolute atomic E-state index is 0.159. The van der Waals surface area contributed by atoms with E-state index in [9.17, 15) is 9.18 Å². The maximum absolute atomic E-state index is 12.8. The number of amides is 1. The lowest BCUT2D eigenvalue weighted by molar-refractivity contribution is -0.122. The number of hydrogen-bond donors (Lipinski definition) is 1. The number of carbonyl (C=O) groups excluding carboxylic acids is 1. The molecular formula is C21H17FN2O3. The van der Waals surface area contributed by atoms with Crippen molar-refractivity contribution in [3.8, 4) is 23.3 Å². The second kappa shape index (κ2) is 9.20. The van der Waals surface area contributed by atoms with E-state index in [-0.39, 0.29) is 31.5 Å². The van der Waals surface area contributed by atoms with Crippen molar-refractivity contribution in [1.29, 1.82) is 0 Å². The van der Waals surface area contributed by atoms with Crippen molar-refractivity contribution in [3.63, 3.8) is 0 Å². The number of aromatic nitrogens is 1. The highest BCUT2D eigenvalue weighted by molar-refractivity contribution is 5.79. The van der Waals surface area contributed by atoms with Crippen LogP contribution in [0.4, 0.5) is 4.39 Å². The van der Waals surface area contributed by atoms with Crippen molar-refractivity contribution in [2.45, 2.75) is 0 Å². The van der Waals surface area contributed by atoms with Crippen molar-refractivity contribution in [1.82, 2.24) is 10.3 Å². The summed E-state index contributed by atoms with van der Waals surface area (Å²) in [6.07, 6.45) is 1.73. The van der Waals surface area contributed by atoms with Crippen LogP contribution in [0.2, 0.25) is 0 Å². The topological polar surface area (TPSA) is 60.5 Å². The molecule has 1 aromatic heterocycles. The van der Waals surface area contributed by atoms with Gasteiger partial charge in [0.2, 0.25) is 0 Å². The van der Waals surface area contributed by atoms with E-state index in [0.717, 1.165) is 10.9 Å². The summed E-state index contributed by atoms with van der Waals surface area (Å²) in [4.78, 5) is 15.9. The number of benzene rings is 2. The summed E-state index contributed by atoms with van der Waals surface area (Å²) in [6, 6.07) is 15.0. The van der Waals surface area contributed by atoms with Crippen LogP contribution in [0.1, 0.15) is 0 Å². The van der Waals surface area contributed by atoms with Crippen molar-refractivity contribution in [2.75, 3.05) is 19.8 Å². The van der Waals surface area contributed by atoms with E-state index < -0.39 is 0 Å². The zero-order chi connectivity index (χ0) is 18.9. The highest BCUT2D eigenvalue weighted by Crippen LogP contribution is 2.18. The molecule has 0 saturated carbocycles. The lowest BCUT2D eigenvalue weighted by Gasteiger charge is -2.05. The summed E-state index contributed by atoms with van der Waals surface area (Å²) in [7, 11) is 0. The second-order valence-corrected chi connectivity index (χ2v) is 5.52. The Bertz CT molecular complexity index is 978. The van der Waals surface area contributed by atoms with E-state index in [1.54, 1.807) is 6.20 Å². The number of nitrogens with zero attached hydrogens (tertiary/aromatic N) is 1. The first-order valence-electron chi connectivity index (χ1n) is 8.29. The lowest BCUT2D eigenvalue weighted by Crippen LogP contribution is -2.29. The van der Waals surface area contributed by atoms with Gasteiger partial charge in [0, 0.05) is 17.6 Å². The average Bonchev–Trinajstić information content (AvgIpc) is 2.70. The Morgan fingerprint density at radius 1 is 1.04 bits per heavy atom. The third kappa shape index (κ3) is 5.72. The van der Waals surface area contributed by atoms with Crippen LogP contribution in [0.3, 0.4) is 0 Å². The zero-order valence-corrected chi connectivity index (χ0v) is 14.4. The summed E-state index contributed by atoms with van der Waals surface area (Å²) in [5.41, 5.74) is 0.858.